The number of alkyl halides is 8. The van der Waals surface area contributed by atoms with Crippen LogP contribution in [0, 0.1) is 5.92 Å². The number of ether oxygens (including phenoxy) is 1. The maximum absolute atomic E-state index is 15.7. The van der Waals surface area contributed by atoms with Crippen LogP contribution in [0.3, 0.4) is 0 Å². The summed E-state index contributed by atoms with van der Waals surface area (Å²) in [7, 11) is 0. The first-order chi connectivity index (χ1) is 13.4. The highest BCUT2D eigenvalue weighted by Crippen LogP contribution is 2.61. The summed E-state index contributed by atoms with van der Waals surface area (Å²) in [6.07, 6.45) is -7.24. The average molecular weight is 424 g/mol. The second-order valence-electron chi connectivity index (χ2n) is 6.90. The van der Waals surface area contributed by atoms with Crippen LogP contribution in [0.2, 0.25) is 0 Å². The maximum atomic E-state index is 15.7. The van der Waals surface area contributed by atoms with Crippen LogP contribution in [0.1, 0.15) is 18.4 Å². The first-order valence-corrected chi connectivity index (χ1v) is 8.70. The average Bonchev–Trinajstić information content (AvgIpc) is 2.66. The Morgan fingerprint density at radius 1 is 0.862 bits per heavy atom. The summed E-state index contributed by atoms with van der Waals surface area (Å²) in [6.45, 7) is -1.68. The van der Waals surface area contributed by atoms with E-state index < -0.39 is 54.8 Å². The summed E-state index contributed by atoms with van der Waals surface area (Å²) in [4.78, 5) is 0. The number of rotatable bonds is 4. The Morgan fingerprint density at radius 3 is 2.07 bits per heavy atom. The zero-order valence-corrected chi connectivity index (χ0v) is 14.8. The molecule has 9 heteroatoms. The molecule has 0 amide bonds. The number of benzene rings is 2. The molecular weight excluding hydrogens is 408 g/mol. The van der Waals surface area contributed by atoms with Crippen LogP contribution in [-0.4, -0.2) is 24.8 Å². The van der Waals surface area contributed by atoms with E-state index >= 15 is 4.39 Å². The predicted octanol–water partition coefficient (Wildman–Crippen LogP) is 6.74. The molecule has 0 N–H and O–H groups in total. The van der Waals surface area contributed by atoms with E-state index in [0.717, 1.165) is 6.07 Å². The Bertz CT molecular complexity index is 849. The van der Waals surface area contributed by atoms with Crippen molar-refractivity contribution in [2.75, 3.05) is 6.61 Å². The van der Waals surface area contributed by atoms with Crippen LogP contribution in [-0.2, 0) is 10.4 Å². The van der Waals surface area contributed by atoms with Gasteiger partial charge in [0.25, 0.3) is 0 Å². The van der Waals surface area contributed by atoms with Gasteiger partial charge in [-0.05, 0) is 24.0 Å². The molecule has 1 fully saturated rings. The summed E-state index contributed by atoms with van der Waals surface area (Å²) in [5.41, 5.74) is -4.04. The van der Waals surface area contributed by atoms with Crippen molar-refractivity contribution in [2.24, 2.45) is 5.92 Å². The third-order valence-electron chi connectivity index (χ3n) is 5.15. The molecule has 158 valence electrons. The number of hydrogen-bond acceptors (Lipinski definition) is 1. The van der Waals surface area contributed by atoms with Gasteiger partial charge in [-0.1, -0.05) is 54.6 Å². The highest BCUT2D eigenvalue weighted by Gasteiger charge is 2.75. The van der Waals surface area contributed by atoms with Crippen LogP contribution in [0.4, 0.5) is 35.1 Å². The molecule has 3 rings (SSSR count). The fraction of sp³-hybridized carbons (Fsp3) is 0.400. The molecule has 2 unspecified atom stereocenters. The highest BCUT2D eigenvalue weighted by molar-refractivity contribution is 5.69. The molecule has 0 radical (unpaired) electrons. The minimum atomic E-state index is -5.25. The van der Waals surface area contributed by atoms with Gasteiger partial charge < -0.3 is 0 Å². The normalized spacial score (nSPS) is 26.3. The monoisotopic (exact) mass is 424 g/mol. The van der Waals surface area contributed by atoms with Crippen molar-refractivity contribution in [1.82, 2.24) is 0 Å². The number of halogens is 8. The predicted molar refractivity (Wildman–Crippen MR) is 89.3 cm³/mol. The molecule has 1 aliphatic carbocycles. The van der Waals surface area contributed by atoms with Gasteiger partial charge in [0.2, 0.25) is 5.67 Å². The summed E-state index contributed by atoms with van der Waals surface area (Å²) in [5, 5.41) is 0. The third kappa shape index (κ3) is 3.72. The minimum absolute atomic E-state index is 0.0102. The van der Waals surface area contributed by atoms with Gasteiger partial charge in [0.05, 0.1) is 12.5 Å². The molecule has 0 heterocycles. The summed E-state index contributed by atoms with van der Waals surface area (Å²) < 4.78 is 114. The molecule has 1 nitrogen and oxygen atoms in total. The van der Waals surface area contributed by atoms with Crippen molar-refractivity contribution in [3.8, 4) is 11.1 Å². The van der Waals surface area contributed by atoms with Crippen LogP contribution < -0.4 is 0 Å². The molecule has 2 aromatic rings. The largest absolute Gasteiger partial charge is 0.522 e. The van der Waals surface area contributed by atoms with Crippen molar-refractivity contribution < 1.29 is 39.9 Å². The van der Waals surface area contributed by atoms with Crippen molar-refractivity contribution in [3.05, 3.63) is 60.2 Å². The Balaban J connectivity index is 2.02. The zero-order chi connectivity index (χ0) is 21.5. The van der Waals surface area contributed by atoms with Crippen LogP contribution in [0.25, 0.3) is 11.1 Å². The molecule has 0 aliphatic heterocycles. The van der Waals surface area contributed by atoms with E-state index in [0.29, 0.717) is 5.56 Å². The van der Waals surface area contributed by atoms with Crippen molar-refractivity contribution in [3.63, 3.8) is 0 Å². The molecule has 0 spiro atoms. The molecule has 29 heavy (non-hydrogen) atoms. The molecule has 0 aromatic heterocycles. The lowest BCUT2D eigenvalue weighted by Gasteiger charge is -2.46. The lowest BCUT2D eigenvalue weighted by atomic mass is 9.70. The smallest absolute Gasteiger partial charge is 0.291 e. The SMILES string of the molecule is FC(F)(F)OCC1CCC(F)(c2ccccc2-c2ccccc2)C(F)(F)C1(F)F. The van der Waals surface area contributed by atoms with E-state index in [1.54, 1.807) is 18.2 Å². The van der Waals surface area contributed by atoms with Gasteiger partial charge in [0, 0.05) is 5.56 Å². The Kier molecular flexibility index (Phi) is 5.40. The summed E-state index contributed by atoms with van der Waals surface area (Å²) in [5.74, 6) is -12.8. The van der Waals surface area contributed by atoms with E-state index in [4.69, 9.17) is 0 Å². The van der Waals surface area contributed by atoms with Gasteiger partial charge in [-0.15, -0.1) is 13.2 Å². The number of hydrogen-bond donors (Lipinski definition) is 0. The Labute approximate surface area is 161 Å². The molecule has 0 saturated heterocycles. The van der Waals surface area contributed by atoms with E-state index in [1.807, 2.05) is 0 Å². The van der Waals surface area contributed by atoms with E-state index in [9.17, 15) is 30.7 Å². The topological polar surface area (TPSA) is 9.23 Å². The third-order valence-corrected chi connectivity index (χ3v) is 5.15. The molecular formula is C20H16F8O. The van der Waals surface area contributed by atoms with Gasteiger partial charge in [0.1, 0.15) is 0 Å². The first kappa shape index (κ1) is 21.5. The second kappa shape index (κ2) is 7.27. The summed E-state index contributed by atoms with van der Waals surface area (Å²) in [6, 6.07) is 12.9. The van der Waals surface area contributed by atoms with Gasteiger partial charge in [-0.2, -0.15) is 17.6 Å². The van der Waals surface area contributed by atoms with Crippen molar-refractivity contribution in [2.45, 2.75) is 36.7 Å². The van der Waals surface area contributed by atoms with Crippen molar-refractivity contribution in [1.29, 1.82) is 0 Å². The minimum Gasteiger partial charge on any atom is -0.291 e. The van der Waals surface area contributed by atoms with Gasteiger partial charge in [-0.3, -0.25) is 4.74 Å². The molecule has 2 aromatic carbocycles. The molecule has 2 atom stereocenters. The van der Waals surface area contributed by atoms with Gasteiger partial charge >= 0.3 is 18.2 Å². The summed E-state index contributed by atoms with van der Waals surface area (Å²) >= 11 is 0. The standard InChI is InChI=1S/C20H16F8O/c21-17(16-9-5-4-8-15(16)13-6-2-1-3-7-13)11-10-14(12-29-20(26,27)28)18(22,23)19(17,24)25/h1-9,14H,10-12H2. The quantitative estimate of drug-likeness (QED) is 0.494. The van der Waals surface area contributed by atoms with E-state index in [2.05, 4.69) is 4.74 Å². The second-order valence-corrected chi connectivity index (χ2v) is 6.90. The molecule has 1 saturated carbocycles. The maximum Gasteiger partial charge on any atom is 0.522 e. The fourth-order valence-corrected chi connectivity index (χ4v) is 3.62. The fourth-order valence-electron chi connectivity index (χ4n) is 3.62. The van der Waals surface area contributed by atoms with Gasteiger partial charge in [0.15, 0.2) is 0 Å². The van der Waals surface area contributed by atoms with Gasteiger partial charge in [-0.25, -0.2) is 4.39 Å². The van der Waals surface area contributed by atoms with Crippen molar-refractivity contribution >= 4 is 0 Å². The van der Waals surface area contributed by atoms with E-state index in [-0.39, 0.29) is 5.56 Å². The lowest BCUT2D eigenvalue weighted by Crippen LogP contribution is -2.62. The Hall–Kier alpha value is -2.16. The van der Waals surface area contributed by atoms with Crippen LogP contribution >= 0.6 is 0 Å². The molecule has 0 bridgehead atoms. The highest BCUT2D eigenvalue weighted by atomic mass is 19.4. The first-order valence-electron chi connectivity index (χ1n) is 8.70. The van der Waals surface area contributed by atoms with Crippen LogP contribution in [0.5, 0.6) is 0 Å². The Morgan fingerprint density at radius 2 is 1.45 bits per heavy atom. The van der Waals surface area contributed by atoms with Crippen LogP contribution in [0.15, 0.2) is 54.6 Å². The van der Waals surface area contributed by atoms with E-state index in [1.165, 1.54) is 30.3 Å². The zero-order valence-electron chi connectivity index (χ0n) is 14.8. The lowest BCUT2D eigenvalue weighted by molar-refractivity contribution is -0.358. The molecule has 1 aliphatic rings.